The number of rotatable bonds is 3. The molecule has 1 saturated carbocycles. The van der Waals surface area contributed by atoms with E-state index in [1.807, 2.05) is 23.9 Å². The highest BCUT2D eigenvalue weighted by Crippen LogP contribution is 2.42. The van der Waals surface area contributed by atoms with E-state index in [0.717, 1.165) is 11.5 Å². The predicted octanol–water partition coefficient (Wildman–Crippen LogP) is 1.83. The Hall–Kier alpha value is -1.91. The van der Waals surface area contributed by atoms with Gasteiger partial charge in [0, 0.05) is 19.2 Å². The fourth-order valence-corrected chi connectivity index (χ4v) is 1.84. The summed E-state index contributed by atoms with van der Waals surface area (Å²) in [7, 11) is 1.94. The molecule has 5 heteroatoms. The fraction of sp³-hybridized carbons (Fsp3) is 0.364. The molecule has 2 aromatic rings. The van der Waals surface area contributed by atoms with E-state index in [-0.39, 0.29) is 0 Å². The van der Waals surface area contributed by atoms with Crippen LogP contribution in [0.25, 0.3) is 0 Å². The molecule has 2 heterocycles. The molecular formula is C11H13N5. The molecular weight excluding hydrogens is 202 g/mol. The summed E-state index contributed by atoms with van der Waals surface area (Å²) in [5.74, 6) is 1.48. The standard InChI is InChI=1S/C11H13N5/c1-16-10(8-4-5-8)11(14-15-16)13-9-3-2-6-12-7-9/h2-3,6-8,13H,4-5H2,1H3. The predicted molar refractivity (Wildman–Crippen MR) is 60.5 cm³/mol. The Morgan fingerprint density at radius 2 is 2.31 bits per heavy atom. The molecule has 1 aliphatic rings. The van der Waals surface area contributed by atoms with Gasteiger partial charge in [0.2, 0.25) is 0 Å². The quantitative estimate of drug-likeness (QED) is 0.848. The van der Waals surface area contributed by atoms with Gasteiger partial charge in [-0.3, -0.25) is 4.98 Å². The minimum Gasteiger partial charge on any atom is -0.336 e. The normalized spacial score (nSPS) is 15.1. The Morgan fingerprint density at radius 3 is 3.00 bits per heavy atom. The van der Waals surface area contributed by atoms with Crippen molar-refractivity contribution in [3.8, 4) is 0 Å². The van der Waals surface area contributed by atoms with E-state index in [1.54, 1.807) is 12.4 Å². The third kappa shape index (κ3) is 1.64. The van der Waals surface area contributed by atoms with Crippen LogP contribution in [0.15, 0.2) is 24.5 Å². The molecule has 1 N–H and O–H groups in total. The molecule has 0 amide bonds. The second-order valence-electron chi connectivity index (χ2n) is 4.09. The maximum Gasteiger partial charge on any atom is 0.176 e. The lowest BCUT2D eigenvalue weighted by atomic mass is 10.3. The van der Waals surface area contributed by atoms with Gasteiger partial charge >= 0.3 is 0 Å². The Labute approximate surface area is 93.5 Å². The largest absolute Gasteiger partial charge is 0.336 e. The van der Waals surface area contributed by atoms with Gasteiger partial charge in [-0.2, -0.15) is 0 Å². The van der Waals surface area contributed by atoms with Crippen molar-refractivity contribution in [3.63, 3.8) is 0 Å². The summed E-state index contributed by atoms with van der Waals surface area (Å²) in [4.78, 5) is 4.06. The number of nitrogens with one attached hydrogen (secondary N) is 1. The van der Waals surface area contributed by atoms with Crippen LogP contribution in [0.3, 0.4) is 0 Å². The highest BCUT2D eigenvalue weighted by atomic mass is 15.4. The number of hydrogen-bond donors (Lipinski definition) is 1. The molecule has 16 heavy (non-hydrogen) atoms. The van der Waals surface area contributed by atoms with Crippen LogP contribution >= 0.6 is 0 Å². The van der Waals surface area contributed by atoms with E-state index in [0.29, 0.717) is 5.92 Å². The lowest BCUT2D eigenvalue weighted by Gasteiger charge is -2.04. The molecule has 1 aliphatic carbocycles. The Balaban J connectivity index is 1.90. The van der Waals surface area contributed by atoms with Gasteiger partial charge in [0.15, 0.2) is 5.82 Å². The third-order valence-electron chi connectivity index (χ3n) is 2.76. The highest BCUT2D eigenvalue weighted by molar-refractivity contribution is 5.57. The molecule has 2 aromatic heterocycles. The van der Waals surface area contributed by atoms with Crippen LogP contribution in [0.1, 0.15) is 24.5 Å². The summed E-state index contributed by atoms with van der Waals surface area (Å²) in [6, 6.07) is 3.87. The third-order valence-corrected chi connectivity index (χ3v) is 2.76. The van der Waals surface area contributed by atoms with Crippen molar-refractivity contribution in [2.75, 3.05) is 5.32 Å². The van der Waals surface area contributed by atoms with Crippen LogP contribution in [-0.4, -0.2) is 20.0 Å². The minimum absolute atomic E-state index is 0.624. The van der Waals surface area contributed by atoms with E-state index in [9.17, 15) is 0 Å². The summed E-state index contributed by atoms with van der Waals surface area (Å²) in [5, 5.41) is 11.5. The first-order valence-corrected chi connectivity index (χ1v) is 5.41. The first-order valence-electron chi connectivity index (χ1n) is 5.41. The Kier molecular flexibility index (Phi) is 2.09. The van der Waals surface area contributed by atoms with Gasteiger partial charge in [-0.1, -0.05) is 5.21 Å². The van der Waals surface area contributed by atoms with E-state index < -0.39 is 0 Å². The van der Waals surface area contributed by atoms with Crippen LogP contribution in [0.5, 0.6) is 0 Å². The van der Waals surface area contributed by atoms with Crippen molar-refractivity contribution < 1.29 is 0 Å². The van der Waals surface area contributed by atoms with Gasteiger partial charge in [0.25, 0.3) is 0 Å². The van der Waals surface area contributed by atoms with Gasteiger partial charge in [-0.25, -0.2) is 4.68 Å². The molecule has 0 aliphatic heterocycles. The second kappa shape index (κ2) is 3.59. The molecule has 0 unspecified atom stereocenters. The number of anilines is 2. The van der Waals surface area contributed by atoms with E-state index >= 15 is 0 Å². The average molecular weight is 215 g/mol. The molecule has 5 nitrogen and oxygen atoms in total. The molecule has 3 rings (SSSR count). The second-order valence-corrected chi connectivity index (χ2v) is 4.09. The van der Waals surface area contributed by atoms with Crippen LogP contribution in [0, 0.1) is 0 Å². The number of aryl methyl sites for hydroxylation is 1. The number of aromatic nitrogens is 4. The van der Waals surface area contributed by atoms with E-state index in [1.165, 1.54) is 18.5 Å². The minimum atomic E-state index is 0.624. The smallest absolute Gasteiger partial charge is 0.176 e. The molecule has 82 valence electrons. The summed E-state index contributed by atoms with van der Waals surface area (Å²) in [6.07, 6.45) is 6.01. The number of nitrogens with zero attached hydrogens (tertiary/aromatic N) is 4. The maximum atomic E-state index is 4.15. The van der Waals surface area contributed by atoms with Gasteiger partial charge in [0.1, 0.15) is 0 Å². The summed E-state index contributed by atoms with van der Waals surface area (Å²) in [5.41, 5.74) is 2.15. The molecule has 1 fully saturated rings. The van der Waals surface area contributed by atoms with E-state index in [4.69, 9.17) is 0 Å². The lowest BCUT2D eigenvalue weighted by Crippen LogP contribution is -1.99. The van der Waals surface area contributed by atoms with Crippen LogP contribution in [0.4, 0.5) is 11.5 Å². The van der Waals surface area contributed by atoms with Crippen molar-refractivity contribution >= 4 is 11.5 Å². The first kappa shape index (κ1) is 9.33. The maximum absolute atomic E-state index is 4.15. The van der Waals surface area contributed by atoms with Gasteiger partial charge in [0.05, 0.1) is 17.6 Å². The van der Waals surface area contributed by atoms with E-state index in [2.05, 4.69) is 20.6 Å². The molecule has 0 bridgehead atoms. The lowest BCUT2D eigenvalue weighted by molar-refractivity contribution is 0.679. The van der Waals surface area contributed by atoms with Gasteiger partial charge < -0.3 is 5.32 Å². The van der Waals surface area contributed by atoms with Crippen molar-refractivity contribution in [1.29, 1.82) is 0 Å². The zero-order valence-electron chi connectivity index (χ0n) is 9.09. The molecule has 0 radical (unpaired) electrons. The monoisotopic (exact) mass is 215 g/mol. The van der Waals surface area contributed by atoms with Crippen molar-refractivity contribution in [2.45, 2.75) is 18.8 Å². The van der Waals surface area contributed by atoms with Gasteiger partial charge in [-0.05, 0) is 25.0 Å². The zero-order valence-corrected chi connectivity index (χ0v) is 9.09. The van der Waals surface area contributed by atoms with Crippen LogP contribution in [0.2, 0.25) is 0 Å². The molecule has 0 atom stereocenters. The Morgan fingerprint density at radius 1 is 1.44 bits per heavy atom. The van der Waals surface area contributed by atoms with Crippen LogP contribution < -0.4 is 5.32 Å². The summed E-state index contributed by atoms with van der Waals surface area (Å²) < 4.78 is 1.86. The topological polar surface area (TPSA) is 55.6 Å². The fourth-order valence-electron chi connectivity index (χ4n) is 1.84. The SMILES string of the molecule is Cn1nnc(Nc2cccnc2)c1C1CC1. The van der Waals surface area contributed by atoms with Crippen LogP contribution in [-0.2, 0) is 7.05 Å². The zero-order chi connectivity index (χ0) is 11.0. The number of pyridine rings is 1. The van der Waals surface area contributed by atoms with Crippen molar-refractivity contribution in [3.05, 3.63) is 30.2 Å². The summed E-state index contributed by atoms with van der Waals surface area (Å²) >= 11 is 0. The molecule has 0 saturated heterocycles. The Bertz CT molecular complexity index is 486. The van der Waals surface area contributed by atoms with Crippen molar-refractivity contribution in [2.24, 2.45) is 7.05 Å². The molecule has 0 aromatic carbocycles. The highest BCUT2D eigenvalue weighted by Gasteiger charge is 2.30. The average Bonchev–Trinajstić information content (AvgIpc) is 3.07. The van der Waals surface area contributed by atoms with Crippen molar-refractivity contribution in [1.82, 2.24) is 20.0 Å². The molecule has 0 spiro atoms. The first-order chi connectivity index (χ1) is 7.84. The summed E-state index contributed by atoms with van der Waals surface area (Å²) in [6.45, 7) is 0. The van der Waals surface area contributed by atoms with Gasteiger partial charge in [-0.15, -0.1) is 5.10 Å². The number of hydrogen-bond acceptors (Lipinski definition) is 4.